The molecular weight excluding hydrogens is 493 g/mol. The van der Waals surface area contributed by atoms with Gasteiger partial charge in [-0.3, -0.25) is 4.72 Å². The van der Waals surface area contributed by atoms with E-state index in [0.717, 1.165) is 0 Å². The topological polar surface area (TPSA) is 88.7 Å². The van der Waals surface area contributed by atoms with Crippen LogP contribution in [0.25, 0.3) is 0 Å². The molecule has 3 N–H and O–H groups in total. The minimum Gasteiger partial charge on any atom is -0.497 e. The molecule has 0 bridgehead atoms. The minimum absolute atomic E-state index is 0.0269. The highest BCUT2D eigenvalue weighted by Crippen LogP contribution is 2.30. The van der Waals surface area contributed by atoms with E-state index in [1.54, 1.807) is 48.5 Å². The molecule has 168 valence electrons. The lowest BCUT2D eigenvalue weighted by atomic mass is 10.3. The molecule has 11 heteroatoms. The molecule has 0 aliphatic heterocycles. The van der Waals surface area contributed by atoms with Gasteiger partial charge in [-0.15, -0.1) is 0 Å². The van der Waals surface area contributed by atoms with E-state index in [-0.39, 0.29) is 10.0 Å². The summed E-state index contributed by atoms with van der Waals surface area (Å²) in [6.07, 6.45) is 0. The molecule has 0 unspecified atom stereocenters. The van der Waals surface area contributed by atoms with Crippen molar-refractivity contribution >= 4 is 67.6 Å². The number of sulfonamides is 1. The van der Waals surface area contributed by atoms with Crippen LogP contribution in [0, 0.1) is 0 Å². The zero-order chi connectivity index (χ0) is 23.3. The molecule has 0 heterocycles. The number of methoxy groups -OCH3 is 2. The fraction of sp³-hybridized carbons (Fsp3) is 0.0952. The smallest absolute Gasteiger partial charge is 0.262 e. The predicted molar refractivity (Wildman–Crippen MR) is 133 cm³/mol. The summed E-state index contributed by atoms with van der Waals surface area (Å²) in [6.45, 7) is 0. The third-order valence-corrected chi connectivity index (χ3v) is 6.57. The van der Waals surface area contributed by atoms with E-state index in [1.165, 1.54) is 26.4 Å². The lowest BCUT2D eigenvalue weighted by Gasteiger charge is -2.15. The largest absolute Gasteiger partial charge is 0.497 e. The quantitative estimate of drug-likeness (QED) is 0.354. The monoisotopic (exact) mass is 511 g/mol. The summed E-state index contributed by atoms with van der Waals surface area (Å²) in [5.74, 6) is 0.913. The highest BCUT2D eigenvalue weighted by Gasteiger charge is 2.17. The summed E-state index contributed by atoms with van der Waals surface area (Å²) in [5, 5.41) is 7.02. The third kappa shape index (κ3) is 5.95. The number of hydrogen-bond acceptors (Lipinski definition) is 5. The molecule has 0 radical (unpaired) electrons. The number of ether oxygens (including phenoxy) is 2. The maximum Gasteiger partial charge on any atom is 0.262 e. The van der Waals surface area contributed by atoms with Gasteiger partial charge in [-0.1, -0.05) is 23.2 Å². The van der Waals surface area contributed by atoms with Gasteiger partial charge in [0, 0.05) is 17.4 Å². The summed E-state index contributed by atoms with van der Waals surface area (Å²) < 4.78 is 38.5. The van der Waals surface area contributed by atoms with Crippen molar-refractivity contribution in [2.45, 2.75) is 4.90 Å². The molecule has 0 aliphatic carbocycles. The molecule has 7 nitrogen and oxygen atoms in total. The minimum atomic E-state index is -3.84. The molecule has 3 rings (SSSR count). The van der Waals surface area contributed by atoms with Crippen molar-refractivity contribution in [3.8, 4) is 11.5 Å². The number of benzene rings is 3. The first-order valence-electron chi connectivity index (χ1n) is 9.10. The fourth-order valence-corrected chi connectivity index (χ4v) is 4.27. The fourth-order valence-electron chi connectivity index (χ4n) is 2.67. The molecular formula is C21H19Cl2N3O4S2. The normalized spacial score (nSPS) is 10.9. The second kappa shape index (κ2) is 10.3. The molecule has 32 heavy (non-hydrogen) atoms. The van der Waals surface area contributed by atoms with Crippen LogP contribution in [0.4, 0.5) is 17.1 Å². The van der Waals surface area contributed by atoms with Crippen LogP contribution in [-0.4, -0.2) is 27.7 Å². The van der Waals surface area contributed by atoms with Gasteiger partial charge in [0.25, 0.3) is 10.0 Å². The highest BCUT2D eigenvalue weighted by molar-refractivity contribution is 7.92. The molecule has 0 aromatic heterocycles. The molecule has 3 aromatic rings. The van der Waals surface area contributed by atoms with Crippen molar-refractivity contribution < 1.29 is 17.9 Å². The van der Waals surface area contributed by atoms with Gasteiger partial charge in [-0.25, -0.2) is 8.42 Å². The number of hydrogen-bond donors (Lipinski definition) is 3. The Hall–Kier alpha value is -2.72. The summed E-state index contributed by atoms with van der Waals surface area (Å²) >= 11 is 17.3. The van der Waals surface area contributed by atoms with Gasteiger partial charge in [0.15, 0.2) is 5.11 Å². The van der Waals surface area contributed by atoms with Crippen LogP contribution in [0.3, 0.4) is 0 Å². The van der Waals surface area contributed by atoms with E-state index in [4.69, 9.17) is 44.9 Å². The van der Waals surface area contributed by atoms with Gasteiger partial charge >= 0.3 is 0 Å². The average molecular weight is 512 g/mol. The molecule has 0 atom stereocenters. The van der Waals surface area contributed by atoms with Crippen molar-refractivity contribution in [2.75, 3.05) is 29.6 Å². The molecule has 0 aliphatic rings. The number of halogens is 2. The van der Waals surface area contributed by atoms with E-state index in [9.17, 15) is 8.42 Å². The zero-order valence-electron chi connectivity index (χ0n) is 17.0. The van der Waals surface area contributed by atoms with Crippen LogP contribution < -0.4 is 24.8 Å². The Kier molecular flexibility index (Phi) is 7.68. The number of anilines is 3. The molecule has 0 saturated heterocycles. The first-order chi connectivity index (χ1) is 15.2. The standard InChI is InChI=1S/C21H19Cl2N3O4S2/c1-29-15-6-3-13(4-7-15)26-32(27,28)16-8-10-19(20(12-16)30-2)25-21(31)24-14-5-9-17(22)18(23)11-14/h3-12,26H,1-2H3,(H2,24,25,31). The van der Waals surface area contributed by atoms with Crippen molar-refractivity contribution in [3.05, 3.63) is 70.7 Å². The van der Waals surface area contributed by atoms with Crippen molar-refractivity contribution in [1.82, 2.24) is 0 Å². The first kappa shape index (κ1) is 23.9. The Bertz CT molecular complexity index is 1240. The van der Waals surface area contributed by atoms with Crippen LogP contribution in [-0.2, 0) is 10.0 Å². The van der Waals surface area contributed by atoms with E-state index in [2.05, 4.69) is 15.4 Å². The van der Waals surface area contributed by atoms with Gasteiger partial charge in [0.2, 0.25) is 0 Å². The number of nitrogens with one attached hydrogen (secondary N) is 3. The molecule has 0 fully saturated rings. The molecule has 0 saturated carbocycles. The van der Waals surface area contributed by atoms with E-state index in [1.807, 2.05) is 0 Å². The zero-order valence-corrected chi connectivity index (χ0v) is 20.1. The summed E-state index contributed by atoms with van der Waals surface area (Å²) in [7, 11) is -0.874. The Balaban J connectivity index is 1.75. The van der Waals surface area contributed by atoms with Crippen LogP contribution >= 0.6 is 35.4 Å². The van der Waals surface area contributed by atoms with Crippen LogP contribution in [0.1, 0.15) is 0 Å². The van der Waals surface area contributed by atoms with Gasteiger partial charge in [0.1, 0.15) is 11.5 Å². The van der Waals surface area contributed by atoms with E-state index >= 15 is 0 Å². The maximum atomic E-state index is 12.8. The lowest BCUT2D eigenvalue weighted by Crippen LogP contribution is -2.20. The van der Waals surface area contributed by atoms with Crippen molar-refractivity contribution in [1.29, 1.82) is 0 Å². The molecule has 3 aromatic carbocycles. The van der Waals surface area contributed by atoms with Gasteiger partial charge in [-0.2, -0.15) is 0 Å². The van der Waals surface area contributed by atoms with Gasteiger partial charge in [0.05, 0.1) is 34.8 Å². The van der Waals surface area contributed by atoms with Gasteiger partial charge < -0.3 is 20.1 Å². The second-order valence-electron chi connectivity index (χ2n) is 6.40. The Morgan fingerprint density at radius 3 is 2.16 bits per heavy atom. The molecule has 0 spiro atoms. The highest BCUT2D eigenvalue weighted by atomic mass is 35.5. The number of rotatable bonds is 7. The van der Waals surface area contributed by atoms with Gasteiger partial charge in [-0.05, 0) is 66.8 Å². The Morgan fingerprint density at radius 1 is 0.844 bits per heavy atom. The molecule has 0 amide bonds. The first-order valence-corrected chi connectivity index (χ1v) is 11.7. The summed E-state index contributed by atoms with van der Waals surface area (Å²) in [6, 6.07) is 15.9. The predicted octanol–water partition coefficient (Wildman–Crippen LogP) is 5.62. The van der Waals surface area contributed by atoms with Crippen LogP contribution in [0.5, 0.6) is 11.5 Å². The van der Waals surface area contributed by atoms with Crippen molar-refractivity contribution in [3.63, 3.8) is 0 Å². The summed E-state index contributed by atoms with van der Waals surface area (Å²) in [4.78, 5) is 0.0269. The maximum absolute atomic E-state index is 12.8. The van der Waals surface area contributed by atoms with E-state index in [0.29, 0.717) is 38.6 Å². The third-order valence-electron chi connectivity index (χ3n) is 4.25. The Morgan fingerprint density at radius 2 is 1.53 bits per heavy atom. The Labute approximate surface area is 201 Å². The summed E-state index contributed by atoms with van der Waals surface area (Å²) in [5.41, 5.74) is 1.52. The number of thiocarbonyl (C=S) groups is 1. The van der Waals surface area contributed by atoms with Crippen LogP contribution in [0.2, 0.25) is 10.0 Å². The lowest BCUT2D eigenvalue weighted by molar-refractivity contribution is 0.415. The van der Waals surface area contributed by atoms with E-state index < -0.39 is 10.0 Å². The van der Waals surface area contributed by atoms with Crippen molar-refractivity contribution in [2.24, 2.45) is 0 Å². The van der Waals surface area contributed by atoms with Crippen LogP contribution in [0.15, 0.2) is 65.6 Å². The average Bonchev–Trinajstić information content (AvgIpc) is 2.76. The SMILES string of the molecule is COc1ccc(NS(=O)(=O)c2ccc(NC(=S)Nc3ccc(Cl)c(Cl)c3)c(OC)c2)cc1. The second-order valence-corrected chi connectivity index (χ2v) is 9.31.